The number of carbonyl (C=O) groups excluding carboxylic acids is 1. The summed E-state index contributed by atoms with van der Waals surface area (Å²) in [6.07, 6.45) is 1.37. The van der Waals surface area contributed by atoms with E-state index in [0.29, 0.717) is 25.1 Å². The summed E-state index contributed by atoms with van der Waals surface area (Å²) in [6.45, 7) is 1.55. The third-order valence-electron chi connectivity index (χ3n) is 4.58. The number of nitrogens with zero attached hydrogens (tertiary/aromatic N) is 1. The summed E-state index contributed by atoms with van der Waals surface area (Å²) in [7, 11) is 1.63. The Kier molecular flexibility index (Phi) is 5.91. The van der Waals surface area contributed by atoms with Crippen LogP contribution in [0.4, 0.5) is 0 Å². The highest BCUT2D eigenvalue weighted by molar-refractivity contribution is 5.94. The smallest absolute Gasteiger partial charge is 0.253 e. The molecule has 1 aliphatic heterocycles. The number of rotatable bonds is 6. The molecule has 5 nitrogen and oxygen atoms in total. The van der Waals surface area contributed by atoms with Crippen LogP contribution in [0.3, 0.4) is 0 Å². The molecule has 3 rings (SSSR count). The van der Waals surface area contributed by atoms with Gasteiger partial charge in [0, 0.05) is 19.2 Å². The minimum atomic E-state index is -1.03. The fourth-order valence-corrected chi connectivity index (χ4v) is 3.28. The number of ether oxygens (including phenoxy) is 2. The molecule has 1 atom stereocenters. The number of piperidine rings is 1. The van der Waals surface area contributed by atoms with E-state index in [1.165, 1.54) is 0 Å². The zero-order valence-corrected chi connectivity index (χ0v) is 15.1. The number of hydrogen-bond donors (Lipinski definition) is 1. The van der Waals surface area contributed by atoms with Crippen molar-refractivity contribution in [3.05, 3.63) is 65.7 Å². The van der Waals surface area contributed by atoms with Crippen molar-refractivity contribution in [1.29, 1.82) is 0 Å². The molecule has 5 heteroatoms. The first-order valence-corrected chi connectivity index (χ1v) is 8.87. The lowest BCUT2D eigenvalue weighted by Gasteiger charge is -2.39. The van der Waals surface area contributed by atoms with Crippen LogP contribution in [-0.4, -0.2) is 48.3 Å². The largest absolute Gasteiger partial charge is 0.491 e. The van der Waals surface area contributed by atoms with E-state index in [4.69, 9.17) is 9.47 Å². The van der Waals surface area contributed by atoms with E-state index in [2.05, 4.69) is 0 Å². The second-order valence-corrected chi connectivity index (χ2v) is 6.79. The van der Waals surface area contributed by atoms with Gasteiger partial charge in [0.05, 0.1) is 13.2 Å². The zero-order chi connectivity index (χ0) is 18.4. The van der Waals surface area contributed by atoms with Crippen molar-refractivity contribution in [2.24, 2.45) is 0 Å². The van der Waals surface area contributed by atoms with E-state index in [9.17, 15) is 9.90 Å². The molecule has 0 spiro atoms. The van der Waals surface area contributed by atoms with E-state index in [1.54, 1.807) is 18.1 Å². The highest BCUT2D eigenvalue weighted by atomic mass is 16.5. The number of likely N-dealkylation sites (tertiary alicyclic amines) is 1. The summed E-state index contributed by atoms with van der Waals surface area (Å²) in [5, 5.41) is 10.9. The Morgan fingerprint density at radius 2 is 2.00 bits per heavy atom. The van der Waals surface area contributed by atoms with Gasteiger partial charge < -0.3 is 19.5 Å². The summed E-state index contributed by atoms with van der Waals surface area (Å²) in [5.41, 5.74) is 0.541. The Morgan fingerprint density at radius 1 is 1.19 bits per heavy atom. The number of amides is 1. The lowest BCUT2D eigenvalue weighted by Crippen LogP contribution is -2.53. The molecular formula is C21H25NO4. The van der Waals surface area contributed by atoms with Crippen LogP contribution in [0, 0.1) is 0 Å². The van der Waals surface area contributed by atoms with Crippen LogP contribution < -0.4 is 4.74 Å². The van der Waals surface area contributed by atoms with Crippen molar-refractivity contribution < 1.29 is 19.4 Å². The lowest BCUT2D eigenvalue weighted by molar-refractivity contribution is -0.0532. The van der Waals surface area contributed by atoms with Gasteiger partial charge in [-0.25, -0.2) is 0 Å². The van der Waals surface area contributed by atoms with Crippen LogP contribution in [-0.2, 0) is 11.3 Å². The molecule has 0 saturated carbocycles. The van der Waals surface area contributed by atoms with Crippen LogP contribution in [0.15, 0.2) is 54.6 Å². The summed E-state index contributed by atoms with van der Waals surface area (Å²) in [5.74, 6) is 0.650. The Labute approximate surface area is 154 Å². The van der Waals surface area contributed by atoms with Gasteiger partial charge in [-0.1, -0.05) is 30.3 Å². The molecule has 1 N–H and O–H groups in total. The first kappa shape index (κ1) is 18.4. The molecule has 2 aromatic carbocycles. The maximum atomic E-state index is 12.9. The van der Waals surface area contributed by atoms with Gasteiger partial charge in [0.2, 0.25) is 0 Å². The summed E-state index contributed by atoms with van der Waals surface area (Å²) in [4.78, 5) is 14.6. The maximum Gasteiger partial charge on any atom is 0.253 e. The number of methoxy groups -OCH3 is 1. The molecule has 1 amide bonds. The zero-order valence-electron chi connectivity index (χ0n) is 15.1. The number of hydrogen-bond acceptors (Lipinski definition) is 4. The Morgan fingerprint density at radius 3 is 2.77 bits per heavy atom. The second-order valence-electron chi connectivity index (χ2n) is 6.79. The molecule has 1 fully saturated rings. The van der Waals surface area contributed by atoms with Crippen molar-refractivity contribution in [3.63, 3.8) is 0 Å². The van der Waals surface area contributed by atoms with Crippen LogP contribution in [0.1, 0.15) is 28.8 Å². The molecule has 1 saturated heterocycles. The first-order valence-electron chi connectivity index (χ1n) is 8.87. The topological polar surface area (TPSA) is 59.0 Å². The van der Waals surface area contributed by atoms with Gasteiger partial charge in [0.1, 0.15) is 18.0 Å². The maximum absolute atomic E-state index is 12.9. The third kappa shape index (κ3) is 4.62. The van der Waals surface area contributed by atoms with Crippen molar-refractivity contribution in [2.45, 2.75) is 25.0 Å². The van der Waals surface area contributed by atoms with Crippen LogP contribution in [0.5, 0.6) is 5.75 Å². The molecule has 138 valence electrons. The van der Waals surface area contributed by atoms with E-state index < -0.39 is 5.60 Å². The van der Waals surface area contributed by atoms with Crippen LogP contribution in [0.2, 0.25) is 0 Å². The van der Waals surface area contributed by atoms with E-state index in [-0.39, 0.29) is 19.1 Å². The number of para-hydroxylation sites is 1. The predicted molar refractivity (Wildman–Crippen MR) is 99.2 cm³/mol. The van der Waals surface area contributed by atoms with Crippen molar-refractivity contribution in [1.82, 2.24) is 4.90 Å². The molecule has 0 bridgehead atoms. The number of carbonyl (C=O) groups is 1. The van der Waals surface area contributed by atoms with E-state index >= 15 is 0 Å². The SMILES string of the molecule is COCc1cccc(C(=O)N2CCC[C@](O)(COc3ccccc3)C2)c1. The van der Waals surface area contributed by atoms with Gasteiger partial charge in [-0.3, -0.25) is 4.79 Å². The predicted octanol–water partition coefficient (Wildman–Crippen LogP) is 2.88. The van der Waals surface area contributed by atoms with Crippen LogP contribution in [0.25, 0.3) is 0 Å². The monoisotopic (exact) mass is 355 g/mol. The average molecular weight is 355 g/mol. The fraction of sp³-hybridized carbons (Fsp3) is 0.381. The van der Waals surface area contributed by atoms with Gasteiger partial charge in [-0.05, 0) is 42.7 Å². The number of aliphatic hydroxyl groups is 1. The molecule has 2 aromatic rings. The molecular weight excluding hydrogens is 330 g/mol. The first-order chi connectivity index (χ1) is 12.6. The second kappa shape index (κ2) is 8.34. The van der Waals surface area contributed by atoms with Gasteiger partial charge >= 0.3 is 0 Å². The number of benzene rings is 2. The molecule has 0 aromatic heterocycles. The summed E-state index contributed by atoms with van der Waals surface area (Å²) < 4.78 is 10.9. The van der Waals surface area contributed by atoms with Crippen LogP contribution >= 0.6 is 0 Å². The molecule has 0 aliphatic carbocycles. The molecule has 1 heterocycles. The quantitative estimate of drug-likeness (QED) is 0.866. The molecule has 26 heavy (non-hydrogen) atoms. The Balaban J connectivity index is 1.65. The van der Waals surface area contributed by atoms with Crippen molar-refractivity contribution in [2.75, 3.05) is 26.8 Å². The van der Waals surface area contributed by atoms with Crippen molar-refractivity contribution in [3.8, 4) is 5.75 Å². The number of β-amino-alcohol motifs (C(OH)–C–C–N with tert-alkyl or cyclic N) is 1. The summed E-state index contributed by atoms with van der Waals surface area (Å²) in [6, 6.07) is 16.9. The summed E-state index contributed by atoms with van der Waals surface area (Å²) >= 11 is 0. The van der Waals surface area contributed by atoms with Gasteiger partial charge in [0.25, 0.3) is 5.91 Å². The van der Waals surface area contributed by atoms with Gasteiger partial charge in [-0.15, -0.1) is 0 Å². The normalized spacial score (nSPS) is 20.0. The molecule has 0 radical (unpaired) electrons. The van der Waals surface area contributed by atoms with Gasteiger partial charge in [0.15, 0.2) is 0 Å². The average Bonchev–Trinajstić information content (AvgIpc) is 2.67. The third-order valence-corrected chi connectivity index (χ3v) is 4.58. The fourth-order valence-electron chi connectivity index (χ4n) is 3.28. The molecule has 1 aliphatic rings. The van der Waals surface area contributed by atoms with Gasteiger partial charge in [-0.2, -0.15) is 0 Å². The van der Waals surface area contributed by atoms with E-state index in [1.807, 2.05) is 48.5 Å². The lowest BCUT2D eigenvalue weighted by atomic mass is 9.93. The minimum Gasteiger partial charge on any atom is -0.491 e. The molecule has 0 unspecified atom stereocenters. The minimum absolute atomic E-state index is 0.0687. The standard InChI is InChI=1S/C21H25NO4/c1-25-14-17-7-5-8-18(13-17)20(23)22-12-6-11-21(24,15-22)16-26-19-9-3-2-4-10-19/h2-5,7-10,13,24H,6,11-12,14-16H2,1H3/t21-/m1/s1. The highest BCUT2D eigenvalue weighted by Crippen LogP contribution is 2.24. The Hall–Kier alpha value is -2.37. The van der Waals surface area contributed by atoms with E-state index in [0.717, 1.165) is 17.7 Å². The highest BCUT2D eigenvalue weighted by Gasteiger charge is 2.36. The van der Waals surface area contributed by atoms with Crippen molar-refractivity contribution >= 4 is 5.91 Å². The Bertz CT molecular complexity index is 734.